The average molecular weight is 454 g/mol. The van der Waals surface area contributed by atoms with Crippen molar-refractivity contribution in [2.24, 2.45) is 4.99 Å². The van der Waals surface area contributed by atoms with Crippen molar-refractivity contribution in [3.8, 4) is 6.19 Å². The Balaban J connectivity index is 1.85. The minimum absolute atomic E-state index is 0.0533. The molecule has 0 spiro atoms. The van der Waals surface area contributed by atoms with Crippen LogP contribution in [-0.2, 0) is 9.59 Å². The zero-order valence-electron chi connectivity index (χ0n) is 14.0. The van der Waals surface area contributed by atoms with E-state index in [0.717, 1.165) is 16.7 Å². The van der Waals surface area contributed by atoms with E-state index >= 15 is 0 Å². The summed E-state index contributed by atoms with van der Waals surface area (Å²) in [5.74, 6) is -0.838. The van der Waals surface area contributed by atoms with Gasteiger partial charge in [0.2, 0.25) is 11.8 Å². The maximum absolute atomic E-state index is 12.8. The van der Waals surface area contributed by atoms with E-state index < -0.39 is 17.1 Å². The van der Waals surface area contributed by atoms with Crippen LogP contribution in [0.25, 0.3) is 0 Å². The van der Waals surface area contributed by atoms with Gasteiger partial charge in [-0.15, -0.1) is 0 Å². The van der Waals surface area contributed by atoms with Gasteiger partial charge in [-0.1, -0.05) is 58.7 Å². The third kappa shape index (κ3) is 4.59. The molecule has 1 saturated heterocycles. The molecule has 0 aromatic heterocycles. The van der Waals surface area contributed by atoms with Gasteiger partial charge in [-0.3, -0.25) is 14.9 Å². The Hall–Kier alpha value is -2.24. The molecule has 2 aromatic rings. The molecule has 1 aliphatic rings. The lowest BCUT2D eigenvalue weighted by Gasteiger charge is -2.15. The number of aliphatic imine (C=N–C) groups is 1. The second-order valence-corrected chi connectivity index (χ2v) is 8.08. The van der Waals surface area contributed by atoms with Gasteiger partial charge in [-0.25, -0.2) is 9.89 Å². The summed E-state index contributed by atoms with van der Waals surface area (Å²) in [5.41, 5.74) is 0.734. The highest BCUT2D eigenvalue weighted by Gasteiger charge is 2.41. The van der Waals surface area contributed by atoms with Crippen molar-refractivity contribution in [2.75, 3.05) is 4.90 Å². The number of hydrogen-bond donors (Lipinski definition) is 1. The molecular formula is C18H11Cl3N4O2S. The van der Waals surface area contributed by atoms with Gasteiger partial charge in [0.1, 0.15) is 5.25 Å². The van der Waals surface area contributed by atoms with Crippen LogP contribution in [0, 0.1) is 11.5 Å². The molecule has 0 saturated carbocycles. The van der Waals surface area contributed by atoms with Crippen molar-refractivity contribution in [3.05, 3.63) is 57.5 Å². The molecule has 3 rings (SSSR count). The van der Waals surface area contributed by atoms with Crippen LogP contribution < -0.4 is 10.2 Å². The molecule has 1 N–H and O–H groups in total. The van der Waals surface area contributed by atoms with Gasteiger partial charge in [0.05, 0.1) is 16.4 Å². The third-order valence-corrected chi connectivity index (χ3v) is 5.53. The first-order valence-electron chi connectivity index (χ1n) is 7.87. The van der Waals surface area contributed by atoms with E-state index in [0.29, 0.717) is 26.4 Å². The topological polar surface area (TPSA) is 85.6 Å². The van der Waals surface area contributed by atoms with Gasteiger partial charge in [0.25, 0.3) is 0 Å². The molecule has 1 atom stereocenters. The van der Waals surface area contributed by atoms with Gasteiger partial charge in [0.15, 0.2) is 11.4 Å². The first-order chi connectivity index (χ1) is 13.4. The Bertz CT molecular complexity index is 1000. The Morgan fingerprint density at radius 1 is 1.18 bits per heavy atom. The van der Waals surface area contributed by atoms with Crippen LogP contribution in [0.1, 0.15) is 6.42 Å². The fourth-order valence-corrected chi connectivity index (χ4v) is 4.20. The summed E-state index contributed by atoms with van der Waals surface area (Å²) in [6, 6.07) is 11.3. The molecule has 0 bridgehead atoms. The molecule has 0 radical (unpaired) electrons. The number of carbonyl (C=O) groups excluding carboxylic acids is 2. The van der Waals surface area contributed by atoms with E-state index in [2.05, 4.69) is 10.3 Å². The second kappa shape index (κ2) is 8.84. The number of carbonyl (C=O) groups is 2. The van der Waals surface area contributed by atoms with E-state index in [4.69, 9.17) is 40.1 Å². The number of amidine groups is 1. The Kier molecular flexibility index (Phi) is 6.47. The number of imide groups is 1. The highest BCUT2D eigenvalue weighted by Crippen LogP contribution is 2.34. The van der Waals surface area contributed by atoms with Gasteiger partial charge in [-0.2, -0.15) is 5.26 Å². The zero-order chi connectivity index (χ0) is 20.3. The summed E-state index contributed by atoms with van der Waals surface area (Å²) < 4.78 is 0. The lowest BCUT2D eigenvalue weighted by Crippen LogP contribution is -2.32. The molecule has 1 heterocycles. The SMILES string of the molecule is N#CNC(=Nc1ccccc1Cl)S[C@H]1CC(=O)N(c2cc(Cl)cc(Cl)c2)C1=O. The van der Waals surface area contributed by atoms with Crippen LogP contribution in [-0.4, -0.2) is 22.2 Å². The molecule has 10 heteroatoms. The molecule has 6 nitrogen and oxygen atoms in total. The predicted octanol–water partition coefficient (Wildman–Crippen LogP) is 4.77. The summed E-state index contributed by atoms with van der Waals surface area (Å²) in [4.78, 5) is 30.6. The van der Waals surface area contributed by atoms with Gasteiger partial charge in [-0.05, 0) is 30.3 Å². The quantitative estimate of drug-likeness (QED) is 0.238. The first-order valence-corrected chi connectivity index (χ1v) is 9.88. The number of amides is 2. The second-order valence-electron chi connectivity index (χ2n) is 5.61. The van der Waals surface area contributed by atoms with Crippen LogP contribution in [0.4, 0.5) is 11.4 Å². The van der Waals surface area contributed by atoms with Crippen molar-refractivity contribution < 1.29 is 9.59 Å². The van der Waals surface area contributed by atoms with Crippen molar-refractivity contribution in [1.29, 1.82) is 5.26 Å². The van der Waals surface area contributed by atoms with Crippen molar-refractivity contribution in [1.82, 2.24) is 5.32 Å². The molecular weight excluding hydrogens is 443 g/mol. The van der Waals surface area contributed by atoms with E-state index in [9.17, 15) is 9.59 Å². The molecule has 0 unspecified atom stereocenters. The van der Waals surface area contributed by atoms with Gasteiger partial charge in [0, 0.05) is 16.5 Å². The summed E-state index contributed by atoms with van der Waals surface area (Å²) in [6.45, 7) is 0. The predicted molar refractivity (Wildman–Crippen MR) is 112 cm³/mol. The molecule has 1 fully saturated rings. The number of benzene rings is 2. The monoisotopic (exact) mass is 452 g/mol. The van der Waals surface area contributed by atoms with Crippen LogP contribution in [0.3, 0.4) is 0 Å². The average Bonchev–Trinajstić information content (AvgIpc) is 2.90. The van der Waals surface area contributed by atoms with E-state index in [1.54, 1.807) is 30.5 Å². The fraction of sp³-hybridized carbons (Fsp3) is 0.111. The molecule has 2 aromatic carbocycles. The maximum Gasteiger partial charge on any atom is 0.247 e. The number of thioether (sulfide) groups is 1. The zero-order valence-corrected chi connectivity index (χ0v) is 17.1. The molecule has 142 valence electrons. The third-order valence-electron chi connectivity index (χ3n) is 3.70. The molecule has 0 aliphatic carbocycles. The minimum Gasteiger partial charge on any atom is -0.274 e. The lowest BCUT2D eigenvalue weighted by molar-refractivity contribution is -0.121. The minimum atomic E-state index is -0.757. The standard InChI is InChI=1S/C18H11Cl3N4O2S/c19-10-5-11(20)7-12(6-10)25-16(26)8-15(17(25)27)28-18(23-9-22)24-14-4-2-1-3-13(14)21/h1-7,15H,8H2,(H,23,24)/t15-/m0/s1. The summed E-state index contributed by atoms with van der Waals surface area (Å²) in [6.07, 6.45) is 1.72. The van der Waals surface area contributed by atoms with Crippen LogP contribution in [0.15, 0.2) is 47.5 Å². The Morgan fingerprint density at radius 2 is 1.86 bits per heavy atom. The summed E-state index contributed by atoms with van der Waals surface area (Å²) in [5, 5.41) is 11.8. The maximum atomic E-state index is 12.8. The van der Waals surface area contributed by atoms with E-state index in [1.165, 1.54) is 18.2 Å². The van der Waals surface area contributed by atoms with Crippen LogP contribution in [0.5, 0.6) is 0 Å². The van der Waals surface area contributed by atoms with E-state index in [1.807, 2.05) is 0 Å². The van der Waals surface area contributed by atoms with Gasteiger partial charge < -0.3 is 0 Å². The van der Waals surface area contributed by atoms with Crippen LogP contribution >= 0.6 is 46.6 Å². The van der Waals surface area contributed by atoms with Crippen molar-refractivity contribution in [2.45, 2.75) is 11.7 Å². The highest BCUT2D eigenvalue weighted by molar-refractivity contribution is 8.15. The normalized spacial score (nSPS) is 17.0. The summed E-state index contributed by atoms with van der Waals surface area (Å²) in [7, 11) is 0. The first kappa shape index (κ1) is 20.5. The smallest absolute Gasteiger partial charge is 0.247 e. The van der Waals surface area contributed by atoms with Crippen molar-refractivity contribution >= 4 is 74.9 Å². The number of nitrogens with zero attached hydrogens (tertiary/aromatic N) is 3. The van der Waals surface area contributed by atoms with Crippen molar-refractivity contribution in [3.63, 3.8) is 0 Å². The highest BCUT2D eigenvalue weighted by atomic mass is 35.5. The number of nitrogens with one attached hydrogen (secondary N) is 1. The summed E-state index contributed by atoms with van der Waals surface area (Å²) >= 11 is 19.0. The largest absolute Gasteiger partial charge is 0.274 e. The number of anilines is 1. The van der Waals surface area contributed by atoms with E-state index in [-0.39, 0.29) is 11.6 Å². The number of halogens is 3. The van der Waals surface area contributed by atoms with Crippen LogP contribution in [0.2, 0.25) is 15.1 Å². The van der Waals surface area contributed by atoms with Gasteiger partial charge >= 0.3 is 0 Å². The molecule has 2 amide bonds. The number of hydrogen-bond acceptors (Lipinski definition) is 5. The fourth-order valence-electron chi connectivity index (χ4n) is 2.55. The lowest BCUT2D eigenvalue weighted by atomic mass is 10.3. The Morgan fingerprint density at radius 3 is 2.50 bits per heavy atom. The molecule has 28 heavy (non-hydrogen) atoms. The number of para-hydroxylation sites is 1. The molecule has 1 aliphatic heterocycles. The number of rotatable bonds is 3. The Labute approximate surface area is 180 Å². The number of nitriles is 1.